The van der Waals surface area contributed by atoms with E-state index >= 15 is 0 Å². The minimum atomic E-state index is -2.62. The Labute approximate surface area is 228 Å². The largest absolute Gasteiger partial charge is 0.500 e. The molecule has 0 aliphatic rings. The summed E-state index contributed by atoms with van der Waals surface area (Å²) in [4.78, 5) is 2.51. The fourth-order valence-electron chi connectivity index (χ4n) is 4.88. The van der Waals surface area contributed by atoms with E-state index < -0.39 is 27.1 Å². The number of hydrogen-bond donors (Lipinski definition) is 1. The second-order valence-electron chi connectivity index (χ2n) is 9.12. The van der Waals surface area contributed by atoms with Gasteiger partial charge in [0.25, 0.3) is 0 Å². The van der Waals surface area contributed by atoms with Gasteiger partial charge < -0.3 is 36.8 Å². The average molecular weight is 569 g/mol. The number of hydrogen-bond acceptors (Lipinski definition) is 8. The topological polar surface area (TPSA) is 70.7 Å². The summed E-state index contributed by atoms with van der Waals surface area (Å²) < 4.78 is 35.6. The minimum Gasteiger partial charge on any atom is -0.377 e. The quantitative estimate of drug-likeness (QED) is 0.118. The molecule has 0 aliphatic carbocycles. The summed E-state index contributed by atoms with van der Waals surface area (Å²) in [5, 5.41) is 4.10. The summed E-state index contributed by atoms with van der Waals surface area (Å²) in [6.07, 6.45) is 9.59. The Morgan fingerprint density at radius 3 is 1.75 bits per heavy atom. The van der Waals surface area contributed by atoms with Crippen molar-refractivity contribution in [3.8, 4) is 0 Å². The summed E-state index contributed by atoms with van der Waals surface area (Å²) >= 11 is 0. The van der Waals surface area contributed by atoms with E-state index in [1.807, 2.05) is 20.8 Å². The molecule has 0 aromatic carbocycles. The number of nitrogens with one attached hydrogen (secondary N) is 1. The molecule has 0 aromatic rings. The Balaban J connectivity index is 4.55. The first-order valence-corrected chi connectivity index (χ1v) is 20.0. The second-order valence-corrected chi connectivity index (χ2v) is 18.0. The lowest BCUT2D eigenvalue weighted by Crippen LogP contribution is -2.51. The molecule has 0 saturated heterocycles. The molecule has 11 heteroatoms. The number of unbranched alkanes of at least 4 members (excludes halogenated alkanes) is 4. The molecular formula is C25H60N2O6Si3. The summed E-state index contributed by atoms with van der Waals surface area (Å²) in [7, 11) is -0.393. The molecule has 36 heavy (non-hydrogen) atoms. The summed E-state index contributed by atoms with van der Waals surface area (Å²) in [5.74, 6) is 0. The van der Waals surface area contributed by atoms with Crippen LogP contribution in [0.25, 0.3) is 0 Å². The zero-order chi connectivity index (χ0) is 27.1. The second kappa shape index (κ2) is 23.2. The molecule has 0 radical (unpaired) electrons. The fourth-order valence-corrected chi connectivity index (χ4v) is 14.3. The Kier molecular flexibility index (Phi) is 23.5. The third-order valence-corrected chi connectivity index (χ3v) is 17.1. The lowest BCUT2D eigenvalue weighted by atomic mass is 10.1. The van der Waals surface area contributed by atoms with E-state index in [2.05, 4.69) is 24.1 Å². The Bertz CT molecular complexity index is 463. The molecule has 1 atom stereocenters. The Morgan fingerprint density at radius 2 is 1.25 bits per heavy atom. The molecule has 0 fully saturated rings. The van der Waals surface area contributed by atoms with E-state index in [1.54, 1.807) is 21.3 Å². The monoisotopic (exact) mass is 568 g/mol. The van der Waals surface area contributed by atoms with Gasteiger partial charge in [-0.2, -0.15) is 0 Å². The lowest BCUT2D eigenvalue weighted by Gasteiger charge is -2.32. The van der Waals surface area contributed by atoms with E-state index in [-0.39, 0.29) is 0 Å². The van der Waals surface area contributed by atoms with Crippen molar-refractivity contribution in [2.75, 3.05) is 73.5 Å². The van der Waals surface area contributed by atoms with Gasteiger partial charge in [-0.1, -0.05) is 39.5 Å². The normalized spacial score (nSPS) is 13.9. The van der Waals surface area contributed by atoms with Gasteiger partial charge in [-0.25, -0.2) is 0 Å². The highest BCUT2D eigenvalue weighted by atomic mass is 28.4. The first kappa shape index (κ1) is 36.3. The van der Waals surface area contributed by atoms with E-state index in [1.165, 1.54) is 38.6 Å². The first-order valence-electron chi connectivity index (χ1n) is 14.5. The molecule has 0 aromatic heterocycles. The molecule has 1 N–H and O–H groups in total. The van der Waals surface area contributed by atoms with Crippen LogP contribution in [0.1, 0.15) is 79.6 Å². The standard InChI is InChI=1S/C25H60N2O6Si3/c1-9-27(10-2)22-18-16-14-15-17-20-25(36(28-6,29-7)30-8)34-24-26-21-19-23-35(31-11-3,32-12-4)33-13-5/h25-26H,9-24,34H2,1-8H3. The van der Waals surface area contributed by atoms with Crippen LogP contribution in [-0.2, 0) is 26.6 Å². The predicted molar refractivity (Wildman–Crippen MR) is 157 cm³/mol. The SMILES string of the molecule is CCO[Si](CCCNC[SiH2]C(CCCCCCCN(CC)CC)[Si](OC)(OC)OC)(OCC)OCC. The number of nitrogens with zero attached hydrogens (tertiary/aromatic N) is 1. The average Bonchev–Trinajstić information content (AvgIpc) is 2.89. The lowest BCUT2D eigenvalue weighted by molar-refractivity contribution is 0.0708. The zero-order valence-electron chi connectivity index (χ0n) is 25.0. The van der Waals surface area contributed by atoms with Gasteiger partial charge in [-0.3, -0.25) is 0 Å². The maximum absolute atomic E-state index is 5.97. The van der Waals surface area contributed by atoms with Crippen molar-refractivity contribution in [1.82, 2.24) is 10.2 Å². The van der Waals surface area contributed by atoms with E-state index in [0.29, 0.717) is 25.0 Å². The van der Waals surface area contributed by atoms with Crippen LogP contribution in [0.5, 0.6) is 0 Å². The van der Waals surface area contributed by atoms with Gasteiger partial charge in [0.05, 0.1) is 0 Å². The minimum absolute atomic E-state index is 0.435. The molecule has 218 valence electrons. The van der Waals surface area contributed by atoms with Gasteiger partial charge in [0.15, 0.2) is 0 Å². The van der Waals surface area contributed by atoms with Crippen LogP contribution in [0.2, 0.25) is 11.2 Å². The fraction of sp³-hybridized carbons (Fsp3) is 1.00. The first-order chi connectivity index (χ1) is 17.5. The van der Waals surface area contributed by atoms with Gasteiger partial charge in [0.2, 0.25) is 0 Å². The van der Waals surface area contributed by atoms with Crippen LogP contribution in [0.4, 0.5) is 0 Å². The highest BCUT2D eigenvalue weighted by Crippen LogP contribution is 2.29. The van der Waals surface area contributed by atoms with Gasteiger partial charge in [-0.15, -0.1) is 0 Å². The third-order valence-electron chi connectivity index (χ3n) is 6.87. The molecule has 0 rings (SSSR count). The van der Waals surface area contributed by atoms with E-state index in [4.69, 9.17) is 26.6 Å². The van der Waals surface area contributed by atoms with Crippen LogP contribution >= 0.6 is 0 Å². The van der Waals surface area contributed by atoms with Crippen molar-refractivity contribution in [3.05, 3.63) is 0 Å². The van der Waals surface area contributed by atoms with Crippen LogP contribution in [0.15, 0.2) is 0 Å². The van der Waals surface area contributed by atoms with E-state index in [9.17, 15) is 0 Å². The van der Waals surface area contributed by atoms with Crippen molar-refractivity contribution >= 4 is 27.1 Å². The molecule has 0 spiro atoms. The van der Waals surface area contributed by atoms with Crippen molar-refractivity contribution in [3.63, 3.8) is 0 Å². The molecule has 1 unspecified atom stereocenters. The van der Waals surface area contributed by atoms with Crippen LogP contribution in [-0.4, -0.2) is 106 Å². The highest BCUT2D eigenvalue weighted by molar-refractivity contribution is 6.73. The van der Waals surface area contributed by atoms with Crippen LogP contribution < -0.4 is 5.32 Å². The zero-order valence-corrected chi connectivity index (χ0v) is 28.4. The van der Waals surface area contributed by atoms with Crippen molar-refractivity contribution in [2.24, 2.45) is 0 Å². The molecule has 0 aliphatic heterocycles. The maximum Gasteiger partial charge on any atom is 0.500 e. The Hall–Kier alpha value is 0.331. The number of rotatable bonds is 27. The molecule has 8 nitrogen and oxygen atoms in total. The highest BCUT2D eigenvalue weighted by Gasteiger charge is 2.46. The third kappa shape index (κ3) is 14.5. The molecule has 0 saturated carbocycles. The predicted octanol–water partition coefficient (Wildman–Crippen LogP) is 4.03. The van der Waals surface area contributed by atoms with Crippen LogP contribution in [0.3, 0.4) is 0 Å². The Morgan fingerprint density at radius 1 is 0.722 bits per heavy atom. The van der Waals surface area contributed by atoms with Gasteiger partial charge in [0.1, 0.15) is 0 Å². The summed E-state index contributed by atoms with van der Waals surface area (Å²) in [6.45, 7) is 16.9. The van der Waals surface area contributed by atoms with Crippen molar-refractivity contribution in [1.29, 1.82) is 0 Å². The smallest absolute Gasteiger partial charge is 0.377 e. The van der Waals surface area contributed by atoms with Gasteiger partial charge in [0, 0.05) is 61.9 Å². The van der Waals surface area contributed by atoms with Gasteiger partial charge >= 0.3 is 17.6 Å². The molecule has 0 heterocycles. The maximum atomic E-state index is 5.97. The summed E-state index contributed by atoms with van der Waals surface area (Å²) in [5.41, 5.74) is 0. The van der Waals surface area contributed by atoms with E-state index in [0.717, 1.165) is 44.7 Å². The van der Waals surface area contributed by atoms with Crippen molar-refractivity contribution < 1.29 is 26.6 Å². The van der Waals surface area contributed by atoms with Gasteiger partial charge in [-0.05, 0) is 72.4 Å². The molecule has 0 amide bonds. The molecular weight excluding hydrogens is 509 g/mol. The summed E-state index contributed by atoms with van der Waals surface area (Å²) in [6, 6.07) is 0.849. The van der Waals surface area contributed by atoms with Crippen molar-refractivity contribution in [2.45, 2.75) is 90.8 Å². The van der Waals surface area contributed by atoms with Crippen LogP contribution in [0, 0.1) is 0 Å². The molecule has 0 bridgehead atoms.